The van der Waals surface area contributed by atoms with Gasteiger partial charge in [0.2, 0.25) is 0 Å². The number of halogens is 1. The molecule has 2 nitrogen and oxygen atoms in total. The Morgan fingerprint density at radius 1 is 1.06 bits per heavy atom. The highest BCUT2D eigenvalue weighted by atomic mass is 79.9. The number of nitrogens with one attached hydrogen (secondary N) is 1. The van der Waals surface area contributed by atoms with E-state index in [9.17, 15) is 0 Å². The van der Waals surface area contributed by atoms with Crippen LogP contribution in [0.25, 0.3) is 22.2 Å². The number of rotatable bonds is 2. The smallest absolute Gasteiger partial charge is 0.128 e. The Hall–Kier alpha value is -1.74. The maximum Gasteiger partial charge on any atom is 0.128 e. The minimum absolute atomic E-state index is 0.866. The highest BCUT2D eigenvalue weighted by Crippen LogP contribution is 2.33. The predicted molar refractivity (Wildman–Crippen MR) is 78.0 cm³/mol. The molecule has 0 spiro atoms. The Morgan fingerprint density at radius 3 is 2.67 bits per heavy atom. The molecule has 0 bridgehead atoms. The molecule has 0 saturated carbocycles. The van der Waals surface area contributed by atoms with Crippen molar-refractivity contribution in [1.82, 2.24) is 4.98 Å². The summed E-state index contributed by atoms with van der Waals surface area (Å²) < 4.78 is 6.45. The third-order valence-corrected chi connectivity index (χ3v) is 3.47. The number of aromatic nitrogens is 1. The Morgan fingerprint density at radius 2 is 1.89 bits per heavy atom. The zero-order valence-corrected chi connectivity index (χ0v) is 11.5. The van der Waals surface area contributed by atoms with Gasteiger partial charge >= 0.3 is 0 Å². The van der Waals surface area contributed by atoms with E-state index in [0.717, 1.165) is 27.0 Å². The summed E-state index contributed by atoms with van der Waals surface area (Å²) in [6.45, 7) is 0. The Balaban J connectivity index is 2.22. The van der Waals surface area contributed by atoms with Gasteiger partial charge < -0.3 is 9.72 Å². The molecular weight excluding hydrogens is 290 g/mol. The van der Waals surface area contributed by atoms with E-state index < -0.39 is 0 Å². The second-order valence-electron chi connectivity index (χ2n) is 4.11. The molecule has 3 rings (SSSR count). The molecule has 18 heavy (non-hydrogen) atoms. The number of H-pyrrole nitrogens is 1. The van der Waals surface area contributed by atoms with Gasteiger partial charge in [-0.25, -0.2) is 0 Å². The second-order valence-corrected chi connectivity index (χ2v) is 5.03. The summed E-state index contributed by atoms with van der Waals surface area (Å²) >= 11 is 3.50. The maximum absolute atomic E-state index is 5.41. The van der Waals surface area contributed by atoms with Crippen LogP contribution in [0.3, 0.4) is 0 Å². The minimum atomic E-state index is 0.866. The standard InChI is InChI=1S/C15H12BrNO/c1-18-15-7-6-11(16)9-12(15)14-8-10-4-2-3-5-13(10)17-14/h2-9,17H,1H3. The fourth-order valence-electron chi connectivity index (χ4n) is 2.11. The number of ether oxygens (including phenoxy) is 1. The summed E-state index contributed by atoms with van der Waals surface area (Å²) in [5.41, 5.74) is 3.26. The van der Waals surface area contributed by atoms with Gasteiger partial charge in [0.1, 0.15) is 5.75 Å². The summed E-state index contributed by atoms with van der Waals surface area (Å²) in [6, 6.07) is 16.4. The van der Waals surface area contributed by atoms with Crippen LogP contribution < -0.4 is 4.74 Å². The van der Waals surface area contributed by atoms with Crippen molar-refractivity contribution in [2.24, 2.45) is 0 Å². The highest BCUT2D eigenvalue weighted by molar-refractivity contribution is 9.10. The fraction of sp³-hybridized carbons (Fsp3) is 0.0667. The first-order chi connectivity index (χ1) is 8.78. The second kappa shape index (κ2) is 4.50. The lowest BCUT2D eigenvalue weighted by molar-refractivity contribution is 0.416. The van der Waals surface area contributed by atoms with E-state index in [1.165, 1.54) is 5.39 Å². The highest BCUT2D eigenvalue weighted by Gasteiger charge is 2.09. The monoisotopic (exact) mass is 301 g/mol. The first-order valence-corrected chi connectivity index (χ1v) is 6.49. The molecule has 3 heteroatoms. The average molecular weight is 302 g/mol. The van der Waals surface area contributed by atoms with Gasteiger partial charge in [0.05, 0.1) is 12.8 Å². The molecule has 0 amide bonds. The van der Waals surface area contributed by atoms with E-state index in [0.29, 0.717) is 0 Å². The SMILES string of the molecule is COc1ccc(Br)cc1-c1cc2ccccc2[nH]1. The van der Waals surface area contributed by atoms with Crippen molar-refractivity contribution in [1.29, 1.82) is 0 Å². The van der Waals surface area contributed by atoms with Crippen LogP contribution >= 0.6 is 15.9 Å². The average Bonchev–Trinajstić information content (AvgIpc) is 2.82. The van der Waals surface area contributed by atoms with Crippen molar-refractivity contribution in [2.45, 2.75) is 0 Å². The van der Waals surface area contributed by atoms with Crippen molar-refractivity contribution in [3.05, 3.63) is 53.0 Å². The van der Waals surface area contributed by atoms with Crippen LogP contribution in [0.1, 0.15) is 0 Å². The number of hydrogen-bond acceptors (Lipinski definition) is 1. The molecule has 0 aliphatic rings. The van der Waals surface area contributed by atoms with Gasteiger partial charge in [0.15, 0.2) is 0 Å². The third-order valence-electron chi connectivity index (χ3n) is 2.98. The molecule has 0 unspecified atom stereocenters. The first kappa shape index (κ1) is 11.4. The first-order valence-electron chi connectivity index (χ1n) is 5.69. The van der Waals surface area contributed by atoms with Crippen LogP contribution in [-0.2, 0) is 0 Å². The maximum atomic E-state index is 5.41. The quantitative estimate of drug-likeness (QED) is 0.735. The molecule has 2 aromatic carbocycles. The van der Waals surface area contributed by atoms with Gasteiger partial charge in [-0.3, -0.25) is 0 Å². The third kappa shape index (κ3) is 1.91. The molecule has 1 aromatic heterocycles. The lowest BCUT2D eigenvalue weighted by Gasteiger charge is -2.07. The number of methoxy groups -OCH3 is 1. The summed E-state index contributed by atoms with van der Waals surface area (Å²) in [6.07, 6.45) is 0. The number of hydrogen-bond donors (Lipinski definition) is 1. The molecule has 0 fully saturated rings. The van der Waals surface area contributed by atoms with Crippen molar-refractivity contribution < 1.29 is 4.74 Å². The summed E-state index contributed by atoms with van der Waals surface area (Å²) in [5, 5.41) is 1.20. The van der Waals surface area contributed by atoms with Crippen LogP contribution in [0.2, 0.25) is 0 Å². The van der Waals surface area contributed by atoms with Gasteiger partial charge in [0.25, 0.3) is 0 Å². The van der Waals surface area contributed by atoms with E-state index in [4.69, 9.17) is 4.74 Å². The molecule has 90 valence electrons. The number of fused-ring (bicyclic) bond motifs is 1. The molecular formula is C15H12BrNO. The number of benzene rings is 2. The van der Waals surface area contributed by atoms with Crippen LogP contribution in [0.15, 0.2) is 53.0 Å². The van der Waals surface area contributed by atoms with E-state index in [2.05, 4.69) is 45.2 Å². The lowest BCUT2D eigenvalue weighted by atomic mass is 10.1. The van der Waals surface area contributed by atoms with Gasteiger partial charge in [-0.2, -0.15) is 0 Å². The van der Waals surface area contributed by atoms with Crippen LogP contribution in [-0.4, -0.2) is 12.1 Å². The molecule has 1 heterocycles. The van der Waals surface area contributed by atoms with E-state index >= 15 is 0 Å². The topological polar surface area (TPSA) is 25.0 Å². The Bertz CT molecular complexity index is 670. The summed E-state index contributed by atoms with van der Waals surface area (Å²) in [7, 11) is 1.69. The van der Waals surface area contributed by atoms with Gasteiger partial charge in [-0.15, -0.1) is 0 Å². The van der Waals surface area contributed by atoms with Crippen LogP contribution in [0, 0.1) is 0 Å². The molecule has 3 aromatic rings. The lowest BCUT2D eigenvalue weighted by Crippen LogP contribution is -1.87. The zero-order chi connectivity index (χ0) is 12.5. The summed E-state index contributed by atoms with van der Waals surface area (Å²) in [4.78, 5) is 3.41. The van der Waals surface area contributed by atoms with E-state index in [1.54, 1.807) is 7.11 Å². The van der Waals surface area contributed by atoms with E-state index in [-0.39, 0.29) is 0 Å². The number of para-hydroxylation sites is 1. The zero-order valence-electron chi connectivity index (χ0n) is 9.91. The molecule has 0 aliphatic heterocycles. The van der Waals surface area contributed by atoms with Crippen molar-refractivity contribution in [3.63, 3.8) is 0 Å². The Kier molecular flexibility index (Phi) is 2.84. The summed E-state index contributed by atoms with van der Waals surface area (Å²) in [5.74, 6) is 0.866. The molecule has 0 atom stereocenters. The molecule has 0 radical (unpaired) electrons. The van der Waals surface area contributed by atoms with Crippen molar-refractivity contribution in [3.8, 4) is 17.0 Å². The Labute approximate surface area is 114 Å². The minimum Gasteiger partial charge on any atom is -0.496 e. The number of aromatic amines is 1. The van der Waals surface area contributed by atoms with E-state index in [1.807, 2.05) is 24.3 Å². The van der Waals surface area contributed by atoms with Crippen LogP contribution in [0.4, 0.5) is 0 Å². The normalized spacial score (nSPS) is 10.8. The predicted octanol–water partition coefficient (Wildman–Crippen LogP) is 4.61. The molecule has 0 aliphatic carbocycles. The van der Waals surface area contributed by atoms with Crippen LogP contribution in [0.5, 0.6) is 5.75 Å². The van der Waals surface area contributed by atoms with Gasteiger partial charge in [-0.05, 0) is 30.3 Å². The van der Waals surface area contributed by atoms with Crippen molar-refractivity contribution in [2.75, 3.05) is 7.11 Å². The fourth-order valence-corrected chi connectivity index (χ4v) is 2.47. The van der Waals surface area contributed by atoms with Gasteiger partial charge in [-0.1, -0.05) is 34.1 Å². The van der Waals surface area contributed by atoms with Gasteiger partial charge in [0, 0.05) is 20.9 Å². The molecule has 1 N–H and O–H groups in total. The van der Waals surface area contributed by atoms with Crippen molar-refractivity contribution >= 4 is 26.8 Å². The largest absolute Gasteiger partial charge is 0.496 e. The molecule has 0 saturated heterocycles.